The Bertz CT molecular complexity index is 596. The van der Waals surface area contributed by atoms with E-state index in [1.54, 1.807) is 31.3 Å². The summed E-state index contributed by atoms with van der Waals surface area (Å²) < 4.78 is 0. The van der Waals surface area contributed by atoms with Crippen LogP contribution in [-0.4, -0.2) is 46.2 Å². The van der Waals surface area contributed by atoms with Gasteiger partial charge in [-0.05, 0) is 31.2 Å². The van der Waals surface area contributed by atoms with Crippen molar-refractivity contribution in [1.29, 1.82) is 5.26 Å². The first-order valence-corrected chi connectivity index (χ1v) is 7.41. The fourth-order valence-corrected chi connectivity index (χ4v) is 3.33. The molecule has 0 radical (unpaired) electrons. The van der Waals surface area contributed by atoms with Crippen LogP contribution in [0.4, 0.5) is 10.5 Å². The third-order valence-corrected chi connectivity index (χ3v) is 4.62. The molecule has 0 aromatic heterocycles. The number of carbonyl (C=O) groups is 2. The van der Waals surface area contributed by atoms with Crippen molar-refractivity contribution in [1.82, 2.24) is 4.90 Å². The lowest BCUT2D eigenvalue weighted by molar-refractivity contribution is -0.141. The molecule has 1 saturated heterocycles. The second-order valence-corrected chi connectivity index (χ2v) is 6.04. The van der Waals surface area contributed by atoms with Crippen molar-refractivity contribution in [3.63, 3.8) is 0 Å². The van der Waals surface area contributed by atoms with Crippen LogP contribution in [0.1, 0.15) is 12.5 Å². The molecule has 0 spiro atoms. The highest BCUT2D eigenvalue weighted by Gasteiger charge is 2.40. The first-order chi connectivity index (χ1) is 9.95. The lowest BCUT2D eigenvalue weighted by atomic mass is 10.2. The third-order valence-electron chi connectivity index (χ3n) is 3.40. The van der Waals surface area contributed by atoms with Crippen molar-refractivity contribution in [2.24, 2.45) is 0 Å². The summed E-state index contributed by atoms with van der Waals surface area (Å²) in [5.74, 6) is -0.600. The van der Waals surface area contributed by atoms with Crippen molar-refractivity contribution >= 4 is 29.4 Å². The molecule has 7 heteroatoms. The lowest BCUT2D eigenvalue weighted by Gasteiger charge is -2.30. The van der Waals surface area contributed by atoms with E-state index in [2.05, 4.69) is 0 Å². The van der Waals surface area contributed by atoms with E-state index in [0.717, 1.165) is 0 Å². The molecule has 2 unspecified atom stereocenters. The number of carbonyl (C=O) groups excluding carboxylic acids is 1. The average molecular weight is 305 g/mol. The van der Waals surface area contributed by atoms with E-state index < -0.39 is 12.0 Å². The molecular formula is C14H15N3O3S. The number of nitriles is 1. The minimum Gasteiger partial charge on any atom is -0.480 e. The Morgan fingerprint density at radius 2 is 2.05 bits per heavy atom. The van der Waals surface area contributed by atoms with Gasteiger partial charge < -0.3 is 5.11 Å². The number of nitrogens with zero attached hydrogens (tertiary/aromatic N) is 3. The van der Waals surface area contributed by atoms with Gasteiger partial charge in [-0.15, -0.1) is 11.8 Å². The zero-order valence-electron chi connectivity index (χ0n) is 11.7. The van der Waals surface area contributed by atoms with Crippen LogP contribution >= 0.6 is 11.8 Å². The Labute approximate surface area is 126 Å². The molecule has 1 N–H and O–H groups in total. The standard InChI is InChI=1S/C14H15N3O3S/c1-9-17(12(8-21-9)13(18)19)14(20)16(2)11-5-3-10(7-15)4-6-11/h3-6,9,12H,8H2,1-2H3,(H,18,19). The first-order valence-electron chi connectivity index (χ1n) is 6.36. The van der Waals surface area contributed by atoms with Crippen molar-refractivity contribution < 1.29 is 14.7 Å². The van der Waals surface area contributed by atoms with Crippen molar-refractivity contribution in [2.75, 3.05) is 17.7 Å². The fourth-order valence-electron chi connectivity index (χ4n) is 2.17. The number of carboxylic acids is 1. The average Bonchev–Trinajstić information content (AvgIpc) is 2.87. The molecule has 1 aliphatic heterocycles. The monoisotopic (exact) mass is 305 g/mol. The Hall–Kier alpha value is -2.20. The van der Waals surface area contributed by atoms with Crippen LogP contribution < -0.4 is 4.90 Å². The van der Waals surface area contributed by atoms with Gasteiger partial charge in [-0.3, -0.25) is 9.80 Å². The molecule has 1 aromatic carbocycles. The lowest BCUT2D eigenvalue weighted by Crippen LogP contribution is -2.50. The molecule has 2 atom stereocenters. The number of benzene rings is 1. The van der Waals surface area contributed by atoms with Gasteiger partial charge in [-0.25, -0.2) is 9.59 Å². The van der Waals surface area contributed by atoms with Crippen molar-refractivity contribution in [2.45, 2.75) is 18.3 Å². The molecule has 0 bridgehead atoms. The van der Waals surface area contributed by atoms with Crippen LogP contribution in [0.2, 0.25) is 0 Å². The van der Waals surface area contributed by atoms with E-state index in [1.807, 2.05) is 13.0 Å². The van der Waals surface area contributed by atoms with Gasteiger partial charge in [0.25, 0.3) is 0 Å². The fraction of sp³-hybridized carbons (Fsp3) is 0.357. The van der Waals surface area contributed by atoms with Gasteiger partial charge in [-0.2, -0.15) is 5.26 Å². The zero-order chi connectivity index (χ0) is 15.6. The van der Waals surface area contributed by atoms with Crippen LogP contribution in [-0.2, 0) is 4.79 Å². The number of amides is 2. The number of hydrogen-bond donors (Lipinski definition) is 1. The summed E-state index contributed by atoms with van der Waals surface area (Å²) in [5.41, 5.74) is 1.13. The van der Waals surface area contributed by atoms with E-state index >= 15 is 0 Å². The molecule has 110 valence electrons. The van der Waals surface area contributed by atoms with Crippen molar-refractivity contribution in [3.05, 3.63) is 29.8 Å². The summed E-state index contributed by atoms with van der Waals surface area (Å²) in [5, 5.41) is 17.8. The minimum atomic E-state index is -0.992. The molecule has 2 rings (SSSR count). The summed E-state index contributed by atoms with van der Waals surface area (Å²) >= 11 is 1.44. The summed E-state index contributed by atoms with van der Waals surface area (Å²) in [4.78, 5) is 26.6. The molecule has 21 heavy (non-hydrogen) atoms. The van der Waals surface area contributed by atoms with Gasteiger partial charge in [0.2, 0.25) is 0 Å². The van der Waals surface area contributed by atoms with Crippen LogP contribution in [0.15, 0.2) is 24.3 Å². The highest BCUT2D eigenvalue weighted by Crippen LogP contribution is 2.30. The Kier molecular flexibility index (Phi) is 4.38. The number of hydrogen-bond acceptors (Lipinski definition) is 4. The number of thioether (sulfide) groups is 1. The Balaban J connectivity index is 2.21. The van der Waals surface area contributed by atoms with E-state index in [-0.39, 0.29) is 11.4 Å². The molecule has 6 nitrogen and oxygen atoms in total. The number of aliphatic carboxylic acids is 1. The molecule has 1 fully saturated rings. The maximum Gasteiger partial charge on any atom is 0.327 e. The highest BCUT2D eigenvalue weighted by atomic mass is 32.2. The zero-order valence-corrected chi connectivity index (χ0v) is 12.5. The van der Waals surface area contributed by atoms with Crippen LogP contribution in [0.5, 0.6) is 0 Å². The quantitative estimate of drug-likeness (QED) is 0.903. The first kappa shape index (κ1) is 15.2. The van der Waals surface area contributed by atoms with Gasteiger partial charge in [-0.1, -0.05) is 0 Å². The predicted octanol–water partition coefficient (Wildman–Crippen LogP) is 1.96. The molecule has 0 saturated carbocycles. The van der Waals surface area contributed by atoms with Gasteiger partial charge in [0, 0.05) is 18.5 Å². The van der Waals surface area contributed by atoms with E-state index in [9.17, 15) is 14.7 Å². The second kappa shape index (κ2) is 6.06. The summed E-state index contributed by atoms with van der Waals surface area (Å²) in [6.07, 6.45) is 0. The number of rotatable bonds is 2. The molecule has 1 aromatic rings. The maximum atomic E-state index is 12.5. The van der Waals surface area contributed by atoms with Crippen LogP contribution in [0.3, 0.4) is 0 Å². The minimum absolute atomic E-state index is 0.181. The molecule has 2 amide bonds. The Morgan fingerprint density at radius 3 is 2.57 bits per heavy atom. The number of urea groups is 1. The van der Waals surface area contributed by atoms with Crippen LogP contribution in [0.25, 0.3) is 0 Å². The predicted molar refractivity (Wildman–Crippen MR) is 80.1 cm³/mol. The van der Waals surface area contributed by atoms with Gasteiger partial charge in [0.05, 0.1) is 17.0 Å². The second-order valence-electron chi connectivity index (χ2n) is 4.69. The van der Waals surface area contributed by atoms with Gasteiger partial charge in [0.1, 0.15) is 6.04 Å². The largest absolute Gasteiger partial charge is 0.480 e. The maximum absolute atomic E-state index is 12.5. The summed E-state index contributed by atoms with van der Waals surface area (Å²) in [6, 6.07) is 7.42. The number of carboxylic acid groups (broad SMARTS) is 1. The van der Waals surface area contributed by atoms with E-state index in [0.29, 0.717) is 17.0 Å². The molecule has 0 aliphatic carbocycles. The molecular weight excluding hydrogens is 290 g/mol. The van der Waals surface area contributed by atoms with Gasteiger partial charge >= 0.3 is 12.0 Å². The summed E-state index contributed by atoms with van der Waals surface area (Å²) in [7, 11) is 1.60. The molecule has 1 heterocycles. The Morgan fingerprint density at radius 1 is 1.43 bits per heavy atom. The van der Waals surface area contributed by atoms with E-state index in [4.69, 9.17) is 5.26 Å². The topological polar surface area (TPSA) is 84.6 Å². The third kappa shape index (κ3) is 2.95. The van der Waals surface area contributed by atoms with Crippen LogP contribution in [0, 0.1) is 11.3 Å². The highest BCUT2D eigenvalue weighted by molar-refractivity contribution is 8.00. The SMILES string of the molecule is CC1SCC(C(=O)O)N1C(=O)N(C)c1ccc(C#N)cc1. The normalized spacial score (nSPS) is 20.9. The van der Waals surface area contributed by atoms with Gasteiger partial charge in [0.15, 0.2) is 0 Å². The van der Waals surface area contributed by atoms with E-state index in [1.165, 1.54) is 21.6 Å². The smallest absolute Gasteiger partial charge is 0.327 e. The van der Waals surface area contributed by atoms with Crippen molar-refractivity contribution in [3.8, 4) is 6.07 Å². The summed E-state index contributed by atoms with van der Waals surface area (Å²) in [6.45, 7) is 1.82. The number of anilines is 1. The molecule has 1 aliphatic rings.